The zero-order valence-electron chi connectivity index (χ0n) is 15.6. The molecule has 0 fully saturated rings. The van der Waals surface area contributed by atoms with Crippen LogP contribution >= 0.6 is 0 Å². The number of nitrogens with one attached hydrogen (secondary N) is 1. The van der Waals surface area contributed by atoms with E-state index < -0.39 is 6.10 Å². The maximum absolute atomic E-state index is 12.3. The summed E-state index contributed by atoms with van der Waals surface area (Å²) in [7, 11) is 3.29. The van der Waals surface area contributed by atoms with E-state index in [1.54, 1.807) is 14.2 Å². The number of aryl methyl sites for hydroxylation is 1. The van der Waals surface area contributed by atoms with Gasteiger partial charge in [-0.05, 0) is 54.3 Å². The predicted octanol–water partition coefficient (Wildman–Crippen LogP) is 2.95. The number of ether oxygens (including phenoxy) is 2. The van der Waals surface area contributed by atoms with Gasteiger partial charge in [0.2, 0.25) is 6.10 Å². The summed E-state index contributed by atoms with van der Waals surface area (Å²) in [5.74, 6) is 1.52. The van der Waals surface area contributed by atoms with Crippen molar-refractivity contribution in [3.63, 3.8) is 0 Å². The summed E-state index contributed by atoms with van der Waals surface area (Å²) in [6, 6.07) is 15.5. The number of hydrogen-bond acceptors (Lipinski definition) is 5. The number of rotatable bonds is 8. The molecule has 27 heavy (non-hydrogen) atoms. The van der Waals surface area contributed by atoms with Crippen molar-refractivity contribution in [3.05, 3.63) is 59.7 Å². The van der Waals surface area contributed by atoms with Gasteiger partial charge in [-0.25, -0.2) is 0 Å². The molecule has 0 spiro atoms. The quantitative estimate of drug-likeness (QED) is 0.728. The average molecular weight is 368 g/mol. The molecule has 0 saturated heterocycles. The number of oxime groups is 1. The number of para-hydroxylation sites is 1. The lowest BCUT2D eigenvalue weighted by Gasteiger charge is -2.11. The molecular weight excluding hydrogens is 344 g/mol. The van der Waals surface area contributed by atoms with E-state index in [0.717, 1.165) is 41.2 Å². The van der Waals surface area contributed by atoms with Crippen molar-refractivity contribution in [2.75, 3.05) is 20.8 Å². The predicted molar refractivity (Wildman–Crippen MR) is 103 cm³/mol. The van der Waals surface area contributed by atoms with Crippen LogP contribution < -0.4 is 14.8 Å². The Labute approximate surface area is 159 Å². The van der Waals surface area contributed by atoms with Gasteiger partial charge in [-0.1, -0.05) is 23.4 Å². The van der Waals surface area contributed by atoms with Crippen molar-refractivity contribution >= 4 is 11.6 Å². The van der Waals surface area contributed by atoms with E-state index in [4.69, 9.17) is 14.3 Å². The standard InChI is InChI=1S/C21H24N2O4/c1-25-17-11-9-15(10-12-17)18-14-20(27-23-18)21(24)22-13-5-7-16-6-3-4-8-19(16)26-2/h3-4,6,8-12,20H,5,7,13-14H2,1-2H3,(H,22,24). The van der Waals surface area contributed by atoms with Gasteiger partial charge >= 0.3 is 0 Å². The van der Waals surface area contributed by atoms with Gasteiger partial charge in [0, 0.05) is 13.0 Å². The smallest absolute Gasteiger partial charge is 0.264 e. The molecule has 0 saturated carbocycles. The molecule has 6 nitrogen and oxygen atoms in total. The summed E-state index contributed by atoms with van der Waals surface area (Å²) in [5, 5.41) is 6.99. The molecule has 6 heteroatoms. The van der Waals surface area contributed by atoms with Crippen molar-refractivity contribution in [2.24, 2.45) is 5.16 Å². The number of carbonyl (C=O) groups excluding carboxylic acids is 1. The van der Waals surface area contributed by atoms with Crippen LogP contribution in [0.1, 0.15) is 24.0 Å². The fourth-order valence-electron chi connectivity index (χ4n) is 2.99. The Morgan fingerprint density at radius 3 is 2.67 bits per heavy atom. The van der Waals surface area contributed by atoms with Crippen molar-refractivity contribution in [1.29, 1.82) is 0 Å². The van der Waals surface area contributed by atoms with E-state index >= 15 is 0 Å². The largest absolute Gasteiger partial charge is 0.497 e. The molecule has 2 aromatic carbocycles. The highest BCUT2D eigenvalue weighted by Gasteiger charge is 2.28. The van der Waals surface area contributed by atoms with Crippen LogP contribution in [-0.4, -0.2) is 38.5 Å². The lowest BCUT2D eigenvalue weighted by atomic mass is 10.0. The Balaban J connectivity index is 1.43. The molecule has 0 aliphatic carbocycles. The molecule has 1 atom stereocenters. The first-order valence-electron chi connectivity index (χ1n) is 8.98. The maximum Gasteiger partial charge on any atom is 0.264 e. The number of carbonyl (C=O) groups is 1. The molecule has 0 aromatic heterocycles. The first kappa shape index (κ1) is 18.8. The van der Waals surface area contributed by atoms with Crippen LogP contribution in [0, 0.1) is 0 Å². The van der Waals surface area contributed by atoms with Crippen molar-refractivity contribution < 1.29 is 19.1 Å². The Morgan fingerprint density at radius 1 is 1.15 bits per heavy atom. The van der Waals surface area contributed by atoms with E-state index in [-0.39, 0.29) is 5.91 Å². The molecule has 0 radical (unpaired) electrons. The highest BCUT2D eigenvalue weighted by molar-refractivity contribution is 6.04. The molecular formula is C21H24N2O4. The Kier molecular flexibility index (Phi) is 6.30. The monoisotopic (exact) mass is 368 g/mol. The maximum atomic E-state index is 12.3. The summed E-state index contributed by atoms with van der Waals surface area (Å²) in [6.07, 6.45) is 1.55. The normalized spacial score (nSPS) is 15.6. The number of methoxy groups -OCH3 is 2. The molecule has 1 aliphatic rings. The molecule has 1 heterocycles. The summed E-state index contributed by atoms with van der Waals surface area (Å²) < 4.78 is 10.5. The first-order valence-corrected chi connectivity index (χ1v) is 8.98. The van der Waals surface area contributed by atoms with Crippen LogP contribution in [0.15, 0.2) is 53.7 Å². The van der Waals surface area contributed by atoms with Crippen molar-refractivity contribution in [2.45, 2.75) is 25.4 Å². The first-order chi connectivity index (χ1) is 13.2. The van der Waals surface area contributed by atoms with Gasteiger partial charge in [0.1, 0.15) is 11.5 Å². The second-order valence-corrected chi connectivity index (χ2v) is 6.27. The summed E-state index contributed by atoms with van der Waals surface area (Å²) in [5.41, 5.74) is 2.84. The fourth-order valence-corrected chi connectivity index (χ4v) is 2.99. The number of hydrogen-bond donors (Lipinski definition) is 1. The number of nitrogens with zero attached hydrogens (tertiary/aromatic N) is 1. The lowest BCUT2D eigenvalue weighted by molar-refractivity contribution is -0.131. The van der Waals surface area contributed by atoms with Gasteiger partial charge in [0.15, 0.2) is 0 Å². The third-order valence-corrected chi connectivity index (χ3v) is 4.50. The second-order valence-electron chi connectivity index (χ2n) is 6.27. The van der Waals surface area contributed by atoms with Gasteiger partial charge in [0.25, 0.3) is 5.91 Å². The summed E-state index contributed by atoms with van der Waals surface area (Å²) in [6.45, 7) is 0.578. The van der Waals surface area contributed by atoms with E-state index in [2.05, 4.69) is 10.5 Å². The van der Waals surface area contributed by atoms with Crippen LogP contribution in [-0.2, 0) is 16.1 Å². The minimum atomic E-state index is -0.576. The van der Waals surface area contributed by atoms with Gasteiger partial charge in [-0.15, -0.1) is 0 Å². The van der Waals surface area contributed by atoms with Gasteiger partial charge < -0.3 is 19.6 Å². The topological polar surface area (TPSA) is 69.2 Å². The van der Waals surface area contributed by atoms with Crippen molar-refractivity contribution in [3.8, 4) is 11.5 Å². The Morgan fingerprint density at radius 2 is 1.93 bits per heavy atom. The molecule has 1 unspecified atom stereocenters. The van der Waals surface area contributed by atoms with E-state index in [1.807, 2.05) is 48.5 Å². The zero-order chi connectivity index (χ0) is 19.1. The molecule has 1 amide bonds. The number of benzene rings is 2. The number of amides is 1. The van der Waals surface area contributed by atoms with Crippen LogP contribution in [0.3, 0.4) is 0 Å². The van der Waals surface area contributed by atoms with Gasteiger partial charge in [-0.3, -0.25) is 4.79 Å². The third kappa shape index (κ3) is 4.78. The SMILES string of the molecule is COc1ccc(C2=NOC(C(=O)NCCCc3ccccc3OC)C2)cc1. The van der Waals surface area contributed by atoms with Crippen molar-refractivity contribution in [1.82, 2.24) is 5.32 Å². The molecule has 1 N–H and O–H groups in total. The Bertz CT molecular complexity index is 802. The minimum Gasteiger partial charge on any atom is -0.497 e. The average Bonchev–Trinajstić information content (AvgIpc) is 3.22. The summed E-state index contributed by atoms with van der Waals surface area (Å²) in [4.78, 5) is 17.6. The van der Waals surface area contributed by atoms with E-state index in [0.29, 0.717) is 13.0 Å². The molecule has 1 aliphatic heterocycles. The summed E-state index contributed by atoms with van der Waals surface area (Å²) >= 11 is 0. The van der Waals surface area contributed by atoms with E-state index in [1.165, 1.54) is 0 Å². The van der Waals surface area contributed by atoms with Gasteiger partial charge in [-0.2, -0.15) is 0 Å². The molecule has 2 aromatic rings. The fraction of sp³-hybridized carbons (Fsp3) is 0.333. The van der Waals surface area contributed by atoms with Crippen LogP contribution in [0.5, 0.6) is 11.5 Å². The lowest BCUT2D eigenvalue weighted by Crippen LogP contribution is -2.35. The molecule has 0 bridgehead atoms. The van der Waals surface area contributed by atoms with Crippen LogP contribution in [0.25, 0.3) is 0 Å². The third-order valence-electron chi connectivity index (χ3n) is 4.50. The second kappa shape index (κ2) is 9.07. The van der Waals surface area contributed by atoms with E-state index in [9.17, 15) is 4.79 Å². The van der Waals surface area contributed by atoms with Crippen LogP contribution in [0.4, 0.5) is 0 Å². The minimum absolute atomic E-state index is 0.137. The Hall–Kier alpha value is -3.02. The van der Waals surface area contributed by atoms with Crippen LogP contribution in [0.2, 0.25) is 0 Å². The molecule has 142 valence electrons. The van der Waals surface area contributed by atoms with Gasteiger partial charge in [0.05, 0.1) is 19.9 Å². The highest BCUT2D eigenvalue weighted by Crippen LogP contribution is 2.20. The highest BCUT2D eigenvalue weighted by atomic mass is 16.6. The zero-order valence-corrected chi connectivity index (χ0v) is 15.6. The molecule has 3 rings (SSSR count).